The minimum Gasteiger partial charge on any atom is -0.491 e. The van der Waals surface area contributed by atoms with Crippen molar-refractivity contribution in [2.45, 2.75) is 32.5 Å². The molecule has 2 heterocycles. The number of methoxy groups -OCH3 is 2. The van der Waals surface area contributed by atoms with Gasteiger partial charge in [0.2, 0.25) is 5.91 Å². The fraction of sp³-hybridized carbons (Fsp3) is 0.520. The molecule has 10 heteroatoms. The molecular weight excluding hydrogens is 450 g/mol. The van der Waals surface area contributed by atoms with Gasteiger partial charge in [-0.2, -0.15) is 0 Å². The normalized spacial score (nSPS) is 21.9. The van der Waals surface area contributed by atoms with Crippen LogP contribution in [0.3, 0.4) is 0 Å². The average molecular weight is 486 g/mol. The molecule has 1 N–H and O–H groups in total. The van der Waals surface area contributed by atoms with Crippen molar-refractivity contribution in [3.05, 3.63) is 48.0 Å². The zero-order valence-corrected chi connectivity index (χ0v) is 21.1. The highest BCUT2D eigenvalue weighted by molar-refractivity contribution is 5.99. The van der Waals surface area contributed by atoms with Crippen LogP contribution in [0.2, 0.25) is 0 Å². The Balaban J connectivity index is 1.92. The van der Waals surface area contributed by atoms with E-state index in [-0.39, 0.29) is 36.5 Å². The molecule has 3 atom stereocenters. The van der Waals surface area contributed by atoms with Crippen LogP contribution in [-0.4, -0.2) is 91.3 Å². The fourth-order valence-corrected chi connectivity index (χ4v) is 4.12. The molecule has 0 bridgehead atoms. The average Bonchev–Trinajstić information content (AvgIpc) is 2.85. The monoisotopic (exact) mass is 485 g/mol. The molecule has 10 nitrogen and oxygen atoms in total. The Bertz CT molecular complexity index is 989. The second-order valence-corrected chi connectivity index (χ2v) is 8.97. The SMILES string of the molecule is COCC(=O)Nc1ccc2c(c1)C(=O)N(C)C[C@@H](OC)[C@H](C)CN(Cc1cncnc1)[C@H](C)CO2. The summed E-state index contributed by atoms with van der Waals surface area (Å²) in [6.45, 7) is 6.34. The summed E-state index contributed by atoms with van der Waals surface area (Å²) >= 11 is 0. The van der Waals surface area contributed by atoms with Gasteiger partial charge in [-0.1, -0.05) is 6.92 Å². The zero-order valence-electron chi connectivity index (χ0n) is 21.1. The highest BCUT2D eigenvalue weighted by Crippen LogP contribution is 2.26. The van der Waals surface area contributed by atoms with Gasteiger partial charge in [-0.05, 0) is 31.0 Å². The number of benzene rings is 1. The second kappa shape index (κ2) is 12.6. The number of carbonyl (C=O) groups is 2. The first-order valence-electron chi connectivity index (χ1n) is 11.6. The molecule has 0 spiro atoms. The summed E-state index contributed by atoms with van der Waals surface area (Å²) in [6, 6.07) is 5.11. The molecule has 0 unspecified atom stereocenters. The van der Waals surface area contributed by atoms with Crippen LogP contribution in [0, 0.1) is 5.92 Å². The Kier molecular flexibility index (Phi) is 9.53. The summed E-state index contributed by atoms with van der Waals surface area (Å²) in [7, 11) is 4.87. The predicted octanol–water partition coefficient (Wildman–Crippen LogP) is 2.07. The van der Waals surface area contributed by atoms with Gasteiger partial charge in [0.25, 0.3) is 5.91 Å². The highest BCUT2D eigenvalue weighted by atomic mass is 16.5. The summed E-state index contributed by atoms with van der Waals surface area (Å²) < 4.78 is 16.8. The molecule has 1 aliphatic heterocycles. The number of amides is 2. The molecule has 3 rings (SSSR count). The van der Waals surface area contributed by atoms with Gasteiger partial charge in [0.15, 0.2) is 0 Å². The highest BCUT2D eigenvalue weighted by Gasteiger charge is 2.28. The van der Waals surface area contributed by atoms with Crippen LogP contribution in [0.25, 0.3) is 0 Å². The summed E-state index contributed by atoms with van der Waals surface area (Å²) in [4.78, 5) is 37.6. The van der Waals surface area contributed by atoms with E-state index in [0.29, 0.717) is 36.7 Å². The first-order chi connectivity index (χ1) is 16.8. The lowest BCUT2D eigenvalue weighted by atomic mass is 10.0. The number of nitrogens with one attached hydrogen (secondary N) is 1. The molecule has 2 amide bonds. The van der Waals surface area contributed by atoms with Crippen molar-refractivity contribution in [1.29, 1.82) is 0 Å². The number of carbonyl (C=O) groups excluding carboxylic acids is 2. The Labute approximate surface area is 206 Å². The van der Waals surface area contributed by atoms with Gasteiger partial charge in [-0.25, -0.2) is 9.97 Å². The largest absolute Gasteiger partial charge is 0.491 e. The third-order valence-corrected chi connectivity index (χ3v) is 6.13. The van der Waals surface area contributed by atoms with Crippen LogP contribution in [0.5, 0.6) is 5.75 Å². The molecule has 2 aromatic rings. The van der Waals surface area contributed by atoms with E-state index >= 15 is 0 Å². The number of fused-ring (bicyclic) bond motifs is 1. The lowest BCUT2D eigenvalue weighted by molar-refractivity contribution is -0.119. The molecule has 1 aromatic carbocycles. The van der Waals surface area contributed by atoms with Crippen molar-refractivity contribution in [3.63, 3.8) is 0 Å². The van der Waals surface area contributed by atoms with E-state index in [1.165, 1.54) is 13.4 Å². The topological polar surface area (TPSA) is 106 Å². The molecule has 1 aromatic heterocycles. The van der Waals surface area contributed by atoms with E-state index in [4.69, 9.17) is 14.2 Å². The van der Waals surface area contributed by atoms with E-state index in [9.17, 15) is 9.59 Å². The standard InChI is InChI=1S/C25H35N5O5/c1-17-11-30(12-19-9-26-16-27-10-19)18(2)14-35-22-7-6-20(28-24(31)15-33-4)8-21(22)25(32)29(3)13-23(17)34-5/h6-10,16-18,23H,11-15H2,1-5H3,(H,28,31)/t17-,18-,23-/m1/s1. The second-order valence-electron chi connectivity index (χ2n) is 8.97. The predicted molar refractivity (Wildman–Crippen MR) is 131 cm³/mol. The third-order valence-electron chi connectivity index (χ3n) is 6.13. The molecule has 1 aliphatic rings. The van der Waals surface area contributed by atoms with Crippen molar-refractivity contribution < 1.29 is 23.8 Å². The molecule has 0 saturated carbocycles. The van der Waals surface area contributed by atoms with Crippen LogP contribution in [0.1, 0.15) is 29.8 Å². The molecule has 35 heavy (non-hydrogen) atoms. The lowest BCUT2D eigenvalue weighted by Gasteiger charge is -2.36. The Morgan fingerprint density at radius 2 is 1.94 bits per heavy atom. The van der Waals surface area contributed by atoms with E-state index in [0.717, 1.165) is 12.1 Å². The lowest BCUT2D eigenvalue weighted by Crippen LogP contribution is -2.46. The maximum Gasteiger partial charge on any atom is 0.257 e. The van der Waals surface area contributed by atoms with Crippen LogP contribution in [-0.2, 0) is 20.8 Å². The maximum atomic E-state index is 13.4. The Morgan fingerprint density at radius 1 is 1.20 bits per heavy atom. The molecule has 0 aliphatic carbocycles. The maximum absolute atomic E-state index is 13.4. The van der Waals surface area contributed by atoms with Crippen LogP contribution in [0.4, 0.5) is 5.69 Å². The summed E-state index contributed by atoms with van der Waals surface area (Å²) in [5, 5.41) is 2.75. The van der Waals surface area contributed by atoms with Gasteiger partial charge in [0.1, 0.15) is 25.3 Å². The number of likely N-dealkylation sites (N-methyl/N-ethyl adjacent to an activating group) is 1. The number of rotatable bonds is 6. The van der Waals surface area contributed by atoms with Gasteiger partial charge in [0, 0.05) is 70.6 Å². The van der Waals surface area contributed by atoms with Crippen molar-refractivity contribution in [2.75, 3.05) is 52.9 Å². The molecule has 0 fully saturated rings. The van der Waals surface area contributed by atoms with Crippen LogP contribution in [0.15, 0.2) is 36.9 Å². The summed E-state index contributed by atoms with van der Waals surface area (Å²) in [5.74, 6) is 0.0956. The minimum atomic E-state index is -0.301. The number of ether oxygens (including phenoxy) is 3. The van der Waals surface area contributed by atoms with E-state index in [2.05, 4.69) is 34.0 Å². The van der Waals surface area contributed by atoms with Gasteiger partial charge in [-0.15, -0.1) is 0 Å². The molecule has 190 valence electrons. The van der Waals surface area contributed by atoms with Crippen molar-refractivity contribution >= 4 is 17.5 Å². The molecular formula is C25H35N5O5. The third kappa shape index (κ3) is 7.20. The Hall–Kier alpha value is -3.08. The summed E-state index contributed by atoms with van der Waals surface area (Å²) in [5.41, 5.74) is 1.89. The van der Waals surface area contributed by atoms with E-state index in [1.807, 2.05) is 12.4 Å². The van der Waals surface area contributed by atoms with Gasteiger partial charge >= 0.3 is 0 Å². The first-order valence-corrected chi connectivity index (χ1v) is 11.6. The Morgan fingerprint density at radius 3 is 2.63 bits per heavy atom. The van der Waals surface area contributed by atoms with Crippen molar-refractivity contribution in [2.24, 2.45) is 5.92 Å². The van der Waals surface area contributed by atoms with E-state index < -0.39 is 0 Å². The van der Waals surface area contributed by atoms with Crippen molar-refractivity contribution in [3.8, 4) is 5.75 Å². The van der Waals surface area contributed by atoms with Gasteiger partial charge in [0.05, 0.1) is 11.7 Å². The number of hydrogen-bond donors (Lipinski definition) is 1. The molecule has 0 saturated heterocycles. The minimum absolute atomic E-state index is 0.0383. The summed E-state index contributed by atoms with van der Waals surface area (Å²) in [6.07, 6.45) is 4.98. The zero-order chi connectivity index (χ0) is 25.4. The quantitative estimate of drug-likeness (QED) is 0.663. The van der Waals surface area contributed by atoms with E-state index in [1.54, 1.807) is 37.3 Å². The fourth-order valence-electron chi connectivity index (χ4n) is 4.12. The number of hydrogen-bond acceptors (Lipinski definition) is 8. The van der Waals surface area contributed by atoms with Crippen molar-refractivity contribution in [1.82, 2.24) is 19.8 Å². The molecule has 0 radical (unpaired) electrons. The van der Waals surface area contributed by atoms with Crippen LogP contribution < -0.4 is 10.1 Å². The number of nitrogens with zero attached hydrogens (tertiary/aromatic N) is 4. The van der Waals surface area contributed by atoms with Crippen LogP contribution >= 0.6 is 0 Å². The van der Waals surface area contributed by atoms with Gasteiger partial charge in [-0.3, -0.25) is 14.5 Å². The number of aromatic nitrogens is 2. The smallest absolute Gasteiger partial charge is 0.257 e. The first kappa shape index (κ1) is 26.5. The number of anilines is 1. The van der Waals surface area contributed by atoms with Gasteiger partial charge < -0.3 is 24.4 Å².